The summed E-state index contributed by atoms with van der Waals surface area (Å²) in [7, 11) is 0. The Hall–Kier alpha value is -3.43. The van der Waals surface area contributed by atoms with Crippen LogP contribution >= 0.6 is 0 Å². The maximum Gasteiger partial charge on any atom is 0.329 e. The Labute approximate surface area is 200 Å². The summed E-state index contributed by atoms with van der Waals surface area (Å²) in [5, 5.41) is 23.2. The molecule has 34 heavy (non-hydrogen) atoms. The van der Waals surface area contributed by atoms with Gasteiger partial charge in [0.2, 0.25) is 0 Å². The third kappa shape index (κ3) is 5.92. The molecule has 0 amide bonds. The Balaban J connectivity index is 1.58. The van der Waals surface area contributed by atoms with Gasteiger partial charge >= 0.3 is 5.97 Å². The van der Waals surface area contributed by atoms with Gasteiger partial charge in [0.05, 0.1) is 12.7 Å². The molecule has 1 aromatic heterocycles. The van der Waals surface area contributed by atoms with E-state index in [9.17, 15) is 10.1 Å². The molecule has 1 saturated carbocycles. The lowest BCUT2D eigenvalue weighted by atomic mass is 9.82. The smallest absolute Gasteiger partial charge is 0.329 e. The van der Waals surface area contributed by atoms with Gasteiger partial charge < -0.3 is 9.84 Å². The molecule has 0 radical (unpaired) electrons. The fraction of sp³-hybridized carbons (Fsp3) is 0.393. The van der Waals surface area contributed by atoms with E-state index in [0.29, 0.717) is 31.3 Å². The van der Waals surface area contributed by atoms with Crippen LogP contribution in [0.5, 0.6) is 0 Å². The number of nitrogens with zero attached hydrogens (tertiary/aromatic N) is 3. The fourth-order valence-corrected chi connectivity index (χ4v) is 4.92. The summed E-state index contributed by atoms with van der Waals surface area (Å²) in [5.41, 5.74) is 5.42. The molecular formula is C28H31N3O3. The maximum absolute atomic E-state index is 10.7. The minimum atomic E-state index is -0.916. The topological polar surface area (TPSA) is 88.1 Å². The van der Waals surface area contributed by atoms with Crippen molar-refractivity contribution in [2.45, 2.75) is 45.1 Å². The fourth-order valence-electron chi connectivity index (χ4n) is 4.92. The van der Waals surface area contributed by atoms with Gasteiger partial charge in [-0.1, -0.05) is 60.7 Å². The lowest BCUT2D eigenvalue weighted by Gasteiger charge is -2.28. The van der Waals surface area contributed by atoms with Crippen molar-refractivity contribution in [1.82, 2.24) is 9.78 Å². The number of aromatic nitrogens is 2. The first-order chi connectivity index (χ1) is 16.7. The summed E-state index contributed by atoms with van der Waals surface area (Å²) in [6.07, 6.45) is 5.33. The summed E-state index contributed by atoms with van der Waals surface area (Å²) < 4.78 is 7.47. The zero-order valence-corrected chi connectivity index (χ0v) is 19.4. The average Bonchev–Trinajstić information content (AvgIpc) is 3.22. The molecule has 0 aliphatic heterocycles. The molecule has 4 rings (SSSR count). The molecule has 1 heterocycles. The molecule has 6 heteroatoms. The third-order valence-corrected chi connectivity index (χ3v) is 6.62. The number of rotatable bonds is 10. The lowest BCUT2D eigenvalue weighted by Crippen LogP contribution is -2.23. The van der Waals surface area contributed by atoms with E-state index < -0.39 is 5.97 Å². The molecule has 3 aromatic rings. The van der Waals surface area contributed by atoms with Gasteiger partial charge in [-0.25, -0.2) is 4.79 Å². The van der Waals surface area contributed by atoms with E-state index in [1.165, 1.54) is 0 Å². The minimum Gasteiger partial charge on any atom is -0.480 e. The molecule has 2 aromatic carbocycles. The lowest BCUT2D eigenvalue weighted by molar-refractivity contribution is -0.142. The number of carbonyl (C=O) groups is 1. The monoisotopic (exact) mass is 457 g/mol. The quantitative estimate of drug-likeness (QED) is 0.429. The molecule has 1 aliphatic carbocycles. The first-order valence-corrected chi connectivity index (χ1v) is 12.0. The van der Waals surface area contributed by atoms with Crippen molar-refractivity contribution in [2.24, 2.45) is 11.8 Å². The number of nitriles is 1. The van der Waals surface area contributed by atoms with Crippen LogP contribution in [0.4, 0.5) is 0 Å². The molecule has 176 valence electrons. The Morgan fingerprint density at radius 1 is 1.00 bits per heavy atom. The van der Waals surface area contributed by atoms with Crippen LogP contribution in [0.1, 0.15) is 37.8 Å². The van der Waals surface area contributed by atoms with Gasteiger partial charge in [0, 0.05) is 36.2 Å². The van der Waals surface area contributed by atoms with Crippen LogP contribution in [0.2, 0.25) is 0 Å². The van der Waals surface area contributed by atoms with Crippen molar-refractivity contribution in [3.63, 3.8) is 0 Å². The van der Waals surface area contributed by atoms with Gasteiger partial charge in [0.15, 0.2) is 0 Å². The van der Waals surface area contributed by atoms with Gasteiger partial charge in [0.1, 0.15) is 12.3 Å². The van der Waals surface area contributed by atoms with E-state index in [-0.39, 0.29) is 6.61 Å². The highest BCUT2D eigenvalue weighted by molar-refractivity contribution is 5.82. The number of carboxylic acids is 1. The number of carboxylic acid groups (broad SMARTS) is 1. The molecular weight excluding hydrogens is 426 g/mol. The van der Waals surface area contributed by atoms with Gasteiger partial charge in [-0.15, -0.1) is 0 Å². The highest BCUT2D eigenvalue weighted by Crippen LogP contribution is 2.37. The first kappa shape index (κ1) is 23.7. The number of hydrogen-bond donors (Lipinski definition) is 1. The van der Waals surface area contributed by atoms with Gasteiger partial charge in [-0.2, -0.15) is 10.4 Å². The Morgan fingerprint density at radius 2 is 1.62 bits per heavy atom. The zero-order valence-electron chi connectivity index (χ0n) is 19.4. The molecule has 6 nitrogen and oxygen atoms in total. The molecule has 0 atom stereocenters. The Morgan fingerprint density at radius 3 is 2.24 bits per heavy atom. The summed E-state index contributed by atoms with van der Waals surface area (Å²) in [6, 6.07) is 22.9. The van der Waals surface area contributed by atoms with E-state index in [1.807, 2.05) is 36.4 Å². The van der Waals surface area contributed by atoms with E-state index in [2.05, 4.69) is 35.0 Å². The van der Waals surface area contributed by atoms with Gasteiger partial charge in [0.25, 0.3) is 0 Å². The summed E-state index contributed by atoms with van der Waals surface area (Å²) in [6.45, 7) is 1.13. The third-order valence-electron chi connectivity index (χ3n) is 6.62. The maximum atomic E-state index is 10.7. The van der Waals surface area contributed by atoms with E-state index >= 15 is 0 Å². The highest BCUT2D eigenvalue weighted by atomic mass is 16.5. The van der Waals surface area contributed by atoms with Crippen LogP contribution in [0.25, 0.3) is 22.4 Å². The molecule has 0 spiro atoms. The zero-order chi connectivity index (χ0) is 23.8. The first-order valence-electron chi connectivity index (χ1n) is 12.0. The normalized spacial score (nSPS) is 17.9. The van der Waals surface area contributed by atoms with Crippen molar-refractivity contribution < 1.29 is 14.6 Å². The Bertz CT molecular complexity index is 1110. The van der Waals surface area contributed by atoms with Crippen molar-refractivity contribution in [3.05, 3.63) is 66.4 Å². The van der Waals surface area contributed by atoms with E-state index in [1.54, 1.807) is 0 Å². The van der Waals surface area contributed by atoms with Crippen molar-refractivity contribution in [3.8, 4) is 28.5 Å². The van der Waals surface area contributed by atoms with E-state index in [0.717, 1.165) is 60.3 Å². The largest absolute Gasteiger partial charge is 0.480 e. The van der Waals surface area contributed by atoms with Crippen molar-refractivity contribution in [2.75, 3.05) is 13.2 Å². The predicted octanol–water partition coefficient (Wildman–Crippen LogP) is 5.58. The van der Waals surface area contributed by atoms with Gasteiger partial charge in [-0.3, -0.25) is 4.68 Å². The van der Waals surface area contributed by atoms with Gasteiger partial charge in [-0.05, 0) is 43.1 Å². The number of benzene rings is 2. The molecule has 1 N–H and O–H groups in total. The molecule has 0 bridgehead atoms. The number of hydrogen-bond acceptors (Lipinski definition) is 4. The van der Waals surface area contributed by atoms with Crippen LogP contribution in [0.15, 0.2) is 60.7 Å². The van der Waals surface area contributed by atoms with Crippen LogP contribution in [0, 0.1) is 23.2 Å². The van der Waals surface area contributed by atoms with E-state index in [4.69, 9.17) is 14.9 Å². The average molecular weight is 458 g/mol. The molecule has 1 aliphatic rings. The number of ether oxygens (including phenoxy) is 1. The SMILES string of the molecule is N#CCCc1c(-c2ccccc2)c(-c2ccccc2)nn1C[C@H]1CC[C@@H](COCC(=O)O)CC1. The highest BCUT2D eigenvalue weighted by Gasteiger charge is 2.25. The molecule has 1 fully saturated rings. The second-order valence-corrected chi connectivity index (χ2v) is 9.04. The second-order valence-electron chi connectivity index (χ2n) is 9.04. The van der Waals surface area contributed by atoms with Crippen LogP contribution in [0.3, 0.4) is 0 Å². The van der Waals surface area contributed by atoms with Crippen LogP contribution in [-0.2, 0) is 22.5 Å². The molecule has 0 saturated heterocycles. The van der Waals surface area contributed by atoms with Crippen LogP contribution < -0.4 is 0 Å². The summed E-state index contributed by atoms with van der Waals surface area (Å²) in [5.74, 6) is 0.00968. The number of aliphatic carboxylic acids is 1. The minimum absolute atomic E-state index is 0.222. The molecule has 0 unspecified atom stereocenters. The van der Waals surface area contributed by atoms with Crippen LogP contribution in [-0.4, -0.2) is 34.1 Å². The standard InChI is InChI=1S/C28H31N3O3/c29-17-7-12-25-27(23-8-3-1-4-9-23)28(24-10-5-2-6-11-24)30-31(25)18-21-13-15-22(16-14-21)19-34-20-26(32)33/h1-6,8-11,21-22H,7,12-16,18-20H2,(H,32,33)/t21-,22+. The predicted molar refractivity (Wildman–Crippen MR) is 131 cm³/mol. The van der Waals surface area contributed by atoms with Crippen molar-refractivity contribution in [1.29, 1.82) is 5.26 Å². The summed E-state index contributed by atoms with van der Waals surface area (Å²) >= 11 is 0. The Kier molecular flexibility index (Phi) is 8.11. The summed E-state index contributed by atoms with van der Waals surface area (Å²) in [4.78, 5) is 10.7. The second kappa shape index (κ2) is 11.6. The van der Waals surface area contributed by atoms with Crippen molar-refractivity contribution >= 4 is 5.97 Å².